The number of carbonyl (C=O) groups is 3. The van der Waals surface area contributed by atoms with Crippen molar-refractivity contribution in [3.63, 3.8) is 0 Å². The molecule has 2 aromatic carbocycles. The van der Waals surface area contributed by atoms with Crippen molar-refractivity contribution in [1.82, 2.24) is 4.90 Å². The average molecular weight is 394 g/mol. The molecular formula is C23H26N2O4. The van der Waals surface area contributed by atoms with Gasteiger partial charge in [0.2, 0.25) is 5.91 Å². The Morgan fingerprint density at radius 1 is 1.10 bits per heavy atom. The fourth-order valence-corrected chi connectivity index (χ4v) is 3.58. The van der Waals surface area contributed by atoms with Gasteiger partial charge in [-0.15, -0.1) is 0 Å². The predicted octanol–water partition coefficient (Wildman–Crippen LogP) is 3.75. The van der Waals surface area contributed by atoms with Crippen LogP contribution in [0.3, 0.4) is 0 Å². The lowest BCUT2D eigenvalue weighted by Crippen LogP contribution is -2.37. The Morgan fingerprint density at radius 3 is 2.45 bits per heavy atom. The van der Waals surface area contributed by atoms with Crippen LogP contribution in [0.4, 0.5) is 5.69 Å². The number of carboxylic acid groups (broad SMARTS) is 1. The minimum atomic E-state index is -1.06. The van der Waals surface area contributed by atoms with Gasteiger partial charge in [-0.25, -0.2) is 4.79 Å². The first-order valence-electron chi connectivity index (χ1n) is 9.86. The third-order valence-electron chi connectivity index (χ3n) is 5.42. The summed E-state index contributed by atoms with van der Waals surface area (Å²) in [5.74, 6) is -0.677. The van der Waals surface area contributed by atoms with E-state index in [-0.39, 0.29) is 23.8 Å². The maximum Gasteiger partial charge on any atom is 0.335 e. The molecule has 0 unspecified atom stereocenters. The molecule has 6 heteroatoms. The van der Waals surface area contributed by atoms with Crippen molar-refractivity contribution in [3.05, 3.63) is 64.7 Å². The molecule has 0 aliphatic carbocycles. The van der Waals surface area contributed by atoms with Crippen LogP contribution in [0.1, 0.15) is 51.6 Å². The van der Waals surface area contributed by atoms with Crippen molar-refractivity contribution in [2.45, 2.75) is 33.1 Å². The molecule has 0 saturated carbocycles. The van der Waals surface area contributed by atoms with Crippen LogP contribution in [0, 0.1) is 12.8 Å². The van der Waals surface area contributed by atoms with Gasteiger partial charge < -0.3 is 15.3 Å². The summed E-state index contributed by atoms with van der Waals surface area (Å²) in [5, 5.41) is 12.1. The Hall–Kier alpha value is -3.15. The smallest absolute Gasteiger partial charge is 0.335 e. The molecule has 6 nitrogen and oxygen atoms in total. The second-order valence-electron chi connectivity index (χ2n) is 7.69. The number of carbonyl (C=O) groups excluding carboxylic acids is 2. The van der Waals surface area contributed by atoms with E-state index in [2.05, 4.69) is 12.2 Å². The highest BCUT2D eigenvalue weighted by atomic mass is 16.4. The van der Waals surface area contributed by atoms with Crippen LogP contribution in [-0.4, -0.2) is 40.9 Å². The fourth-order valence-electron chi connectivity index (χ4n) is 3.58. The number of rotatable bonds is 5. The van der Waals surface area contributed by atoms with Crippen molar-refractivity contribution >= 4 is 23.5 Å². The topological polar surface area (TPSA) is 86.7 Å². The molecule has 0 bridgehead atoms. The van der Waals surface area contributed by atoms with E-state index >= 15 is 0 Å². The van der Waals surface area contributed by atoms with Crippen LogP contribution in [0.2, 0.25) is 0 Å². The van der Waals surface area contributed by atoms with Gasteiger partial charge in [0.15, 0.2) is 0 Å². The Balaban J connectivity index is 1.67. The summed E-state index contributed by atoms with van der Waals surface area (Å²) in [4.78, 5) is 38.3. The molecule has 2 N–H and O–H groups in total. The second kappa shape index (κ2) is 8.90. The van der Waals surface area contributed by atoms with E-state index < -0.39 is 5.97 Å². The zero-order chi connectivity index (χ0) is 21.0. The average Bonchev–Trinajstić information content (AvgIpc) is 2.70. The van der Waals surface area contributed by atoms with E-state index in [1.54, 1.807) is 36.4 Å². The molecule has 1 aliphatic rings. The standard InChI is InChI=1S/C23H26N2O4/c1-15-9-11-25(12-10-15)22(27)18-7-8-20(16(2)13-18)24-21(26)14-17-5-3-4-6-19(17)23(28)29/h3-8,13,15H,9-12,14H2,1-2H3,(H,24,26)(H,28,29). The Labute approximate surface area is 170 Å². The van der Waals surface area contributed by atoms with Gasteiger partial charge in [-0.1, -0.05) is 25.1 Å². The summed E-state index contributed by atoms with van der Waals surface area (Å²) in [6.07, 6.45) is 2.02. The number of aromatic carboxylic acids is 1. The molecule has 1 heterocycles. The summed E-state index contributed by atoms with van der Waals surface area (Å²) in [6.45, 7) is 5.61. The number of aryl methyl sites for hydroxylation is 1. The monoisotopic (exact) mass is 394 g/mol. The quantitative estimate of drug-likeness (QED) is 0.809. The Bertz CT molecular complexity index is 930. The number of benzene rings is 2. The van der Waals surface area contributed by atoms with Crippen LogP contribution in [0.25, 0.3) is 0 Å². The highest BCUT2D eigenvalue weighted by molar-refractivity contribution is 5.98. The van der Waals surface area contributed by atoms with Crippen molar-refractivity contribution in [3.8, 4) is 0 Å². The molecule has 3 rings (SSSR count). The maximum atomic E-state index is 12.7. The first-order chi connectivity index (χ1) is 13.8. The summed E-state index contributed by atoms with van der Waals surface area (Å²) >= 11 is 0. The van der Waals surface area contributed by atoms with Gasteiger partial charge in [-0.3, -0.25) is 9.59 Å². The summed E-state index contributed by atoms with van der Waals surface area (Å²) in [6, 6.07) is 11.7. The molecule has 152 valence electrons. The van der Waals surface area contributed by atoms with Crippen LogP contribution in [0.5, 0.6) is 0 Å². The molecule has 29 heavy (non-hydrogen) atoms. The lowest BCUT2D eigenvalue weighted by Gasteiger charge is -2.30. The number of likely N-dealkylation sites (tertiary alicyclic amines) is 1. The summed E-state index contributed by atoms with van der Waals surface area (Å²) in [5.41, 5.74) is 2.61. The predicted molar refractivity (Wildman–Crippen MR) is 111 cm³/mol. The van der Waals surface area contributed by atoms with Gasteiger partial charge in [0.05, 0.1) is 12.0 Å². The molecule has 1 saturated heterocycles. The van der Waals surface area contributed by atoms with Gasteiger partial charge in [0.1, 0.15) is 0 Å². The summed E-state index contributed by atoms with van der Waals surface area (Å²) in [7, 11) is 0. The van der Waals surface area contributed by atoms with Gasteiger partial charge >= 0.3 is 5.97 Å². The molecule has 0 aromatic heterocycles. The molecule has 1 fully saturated rings. The minimum absolute atomic E-state index is 0.0215. The van der Waals surface area contributed by atoms with E-state index in [0.717, 1.165) is 31.5 Å². The van der Waals surface area contributed by atoms with Crippen molar-refractivity contribution in [1.29, 1.82) is 0 Å². The first kappa shape index (κ1) is 20.6. The number of amides is 2. The number of nitrogens with one attached hydrogen (secondary N) is 1. The summed E-state index contributed by atoms with van der Waals surface area (Å²) < 4.78 is 0. The van der Waals surface area contributed by atoms with Crippen LogP contribution >= 0.6 is 0 Å². The lowest BCUT2D eigenvalue weighted by molar-refractivity contribution is -0.115. The van der Waals surface area contributed by atoms with Crippen LogP contribution < -0.4 is 5.32 Å². The third-order valence-corrected chi connectivity index (χ3v) is 5.42. The maximum absolute atomic E-state index is 12.7. The number of anilines is 1. The highest BCUT2D eigenvalue weighted by Gasteiger charge is 2.22. The largest absolute Gasteiger partial charge is 0.478 e. The number of hydrogen-bond donors (Lipinski definition) is 2. The normalized spacial score (nSPS) is 14.5. The lowest BCUT2D eigenvalue weighted by atomic mass is 9.98. The van der Waals surface area contributed by atoms with Crippen LogP contribution in [0.15, 0.2) is 42.5 Å². The van der Waals surface area contributed by atoms with E-state index in [1.807, 2.05) is 11.8 Å². The minimum Gasteiger partial charge on any atom is -0.478 e. The SMILES string of the molecule is Cc1cc(C(=O)N2CCC(C)CC2)ccc1NC(=O)Cc1ccccc1C(=O)O. The van der Waals surface area contributed by atoms with E-state index in [9.17, 15) is 19.5 Å². The van der Waals surface area contributed by atoms with Gasteiger partial charge in [0, 0.05) is 24.3 Å². The molecular weight excluding hydrogens is 368 g/mol. The Morgan fingerprint density at radius 2 is 1.79 bits per heavy atom. The Kier molecular flexibility index (Phi) is 6.32. The van der Waals surface area contributed by atoms with Gasteiger partial charge in [0.25, 0.3) is 5.91 Å². The molecule has 2 amide bonds. The molecule has 0 radical (unpaired) electrons. The molecule has 1 aliphatic heterocycles. The third kappa shape index (κ3) is 5.02. The number of nitrogens with zero attached hydrogens (tertiary/aromatic N) is 1. The highest BCUT2D eigenvalue weighted by Crippen LogP contribution is 2.22. The van der Waals surface area contributed by atoms with Crippen molar-refractivity contribution < 1.29 is 19.5 Å². The van der Waals surface area contributed by atoms with Crippen molar-refractivity contribution in [2.24, 2.45) is 5.92 Å². The number of piperidine rings is 1. The van der Waals surface area contributed by atoms with E-state index in [0.29, 0.717) is 22.7 Å². The molecule has 0 spiro atoms. The van der Waals surface area contributed by atoms with Gasteiger partial charge in [-0.2, -0.15) is 0 Å². The first-order valence-corrected chi connectivity index (χ1v) is 9.86. The van der Waals surface area contributed by atoms with E-state index in [1.165, 1.54) is 6.07 Å². The second-order valence-corrected chi connectivity index (χ2v) is 7.69. The molecule has 0 atom stereocenters. The van der Waals surface area contributed by atoms with Crippen LogP contribution in [-0.2, 0) is 11.2 Å². The number of hydrogen-bond acceptors (Lipinski definition) is 3. The van der Waals surface area contributed by atoms with Crippen molar-refractivity contribution in [2.75, 3.05) is 18.4 Å². The van der Waals surface area contributed by atoms with E-state index in [4.69, 9.17) is 0 Å². The fraction of sp³-hybridized carbons (Fsp3) is 0.348. The zero-order valence-corrected chi connectivity index (χ0v) is 16.8. The van der Waals surface area contributed by atoms with Gasteiger partial charge in [-0.05, 0) is 61.1 Å². The molecule has 2 aromatic rings. The number of carboxylic acids is 1. The zero-order valence-electron chi connectivity index (χ0n) is 16.8.